The number of anilines is 1. The van der Waals surface area contributed by atoms with Gasteiger partial charge in [0.25, 0.3) is 0 Å². The third-order valence-electron chi connectivity index (χ3n) is 3.58. The molecule has 1 fully saturated rings. The van der Waals surface area contributed by atoms with Gasteiger partial charge >= 0.3 is 10.2 Å². The van der Waals surface area contributed by atoms with E-state index in [0.717, 1.165) is 5.56 Å². The summed E-state index contributed by atoms with van der Waals surface area (Å²) in [6.45, 7) is -0.205. The van der Waals surface area contributed by atoms with Gasteiger partial charge in [-0.05, 0) is 12.1 Å². The molecule has 3 rings (SSSR count). The molecule has 0 N–H and O–H groups in total. The molecule has 9 heteroatoms. The van der Waals surface area contributed by atoms with Crippen molar-refractivity contribution in [3.63, 3.8) is 0 Å². The van der Waals surface area contributed by atoms with Crippen molar-refractivity contribution in [1.82, 2.24) is 14.8 Å². The van der Waals surface area contributed by atoms with Crippen molar-refractivity contribution in [2.45, 2.75) is 11.7 Å². The second-order valence-electron chi connectivity index (χ2n) is 5.06. The molecule has 116 valence electrons. The SMILES string of the molecule is Cn1nc(-c2cccnc2)cc1N1CC(S(=O)(=O)F)CC1=O. The van der Waals surface area contributed by atoms with Gasteiger partial charge in [-0.3, -0.25) is 19.4 Å². The highest BCUT2D eigenvalue weighted by atomic mass is 32.3. The third kappa shape index (κ3) is 2.59. The Morgan fingerprint density at radius 1 is 1.41 bits per heavy atom. The molecule has 1 aliphatic rings. The summed E-state index contributed by atoms with van der Waals surface area (Å²) in [6, 6.07) is 5.23. The molecule has 1 unspecified atom stereocenters. The van der Waals surface area contributed by atoms with Gasteiger partial charge in [0.1, 0.15) is 11.1 Å². The molecule has 7 nitrogen and oxygen atoms in total. The predicted octanol–water partition coefficient (Wildman–Crippen LogP) is 0.887. The van der Waals surface area contributed by atoms with Crippen molar-refractivity contribution in [3.05, 3.63) is 30.6 Å². The van der Waals surface area contributed by atoms with Crippen molar-refractivity contribution in [3.8, 4) is 11.3 Å². The van der Waals surface area contributed by atoms with Crippen molar-refractivity contribution in [2.75, 3.05) is 11.4 Å². The van der Waals surface area contributed by atoms with Crippen LogP contribution < -0.4 is 4.90 Å². The standard InChI is InChI=1S/C13H13FN4O3S/c1-17-12(6-11(16-17)9-3-2-4-15-7-9)18-8-10(5-13(18)19)22(14,20)21/h2-4,6-7,10H,5,8H2,1H3. The molecule has 1 amide bonds. The van der Waals surface area contributed by atoms with Gasteiger partial charge < -0.3 is 0 Å². The van der Waals surface area contributed by atoms with Crippen LogP contribution in [0.25, 0.3) is 11.3 Å². The highest BCUT2D eigenvalue weighted by Gasteiger charge is 2.40. The first-order valence-electron chi connectivity index (χ1n) is 6.54. The lowest BCUT2D eigenvalue weighted by Gasteiger charge is -2.15. The number of hydrogen-bond acceptors (Lipinski definition) is 5. The minimum Gasteiger partial charge on any atom is -0.296 e. The van der Waals surface area contributed by atoms with Gasteiger partial charge in [0.05, 0.1) is 5.69 Å². The highest BCUT2D eigenvalue weighted by Crippen LogP contribution is 2.28. The summed E-state index contributed by atoms with van der Waals surface area (Å²) in [5.74, 6) is -0.0121. The molecule has 0 saturated carbocycles. The molecule has 2 aromatic heterocycles. The Balaban J connectivity index is 1.93. The summed E-state index contributed by atoms with van der Waals surface area (Å²) in [6.07, 6.45) is 2.91. The molecule has 0 bridgehead atoms. The van der Waals surface area contributed by atoms with E-state index >= 15 is 0 Å². The van der Waals surface area contributed by atoms with Gasteiger partial charge in [0.15, 0.2) is 0 Å². The Bertz CT molecular complexity index is 819. The van der Waals surface area contributed by atoms with E-state index in [9.17, 15) is 17.1 Å². The molecule has 3 heterocycles. The van der Waals surface area contributed by atoms with Gasteiger partial charge in [-0.15, -0.1) is 3.89 Å². The monoisotopic (exact) mass is 324 g/mol. The van der Waals surface area contributed by atoms with E-state index in [1.807, 2.05) is 6.07 Å². The molecule has 1 saturated heterocycles. The lowest BCUT2D eigenvalue weighted by Crippen LogP contribution is -2.28. The van der Waals surface area contributed by atoms with Crippen molar-refractivity contribution in [1.29, 1.82) is 0 Å². The van der Waals surface area contributed by atoms with E-state index in [1.165, 1.54) is 9.58 Å². The summed E-state index contributed by atoms with van der Waals surface area (Å²) in [5.41, 5.74) is 1.37. The fraction of sp³-hybridized carbons (Fsp3) is 0.308. The van der Waals surface area contributed by atoms with E-state index in [0.29, 0.717) is 11.5 Å². The van der Waals surface area contributed by atoms with Crippen LogP contribution in [0.4, 0.5) is 9.70 Å². The zero-order chi connectivity index (χ0) is 15.9. The predicted molar refractivity (Wildman–Crippen MR) is 77.2 cm³/mol. The van der Waals surface area contributed by atoms with Crippen LogP contribution in [0.5, 0.6) is 0 Å². The fourth-order valence-electron chi connectivity index (χ4n) is 2.45. The smallest absolute Gasteiger partial charge is 0.296 e. The number of amides is 1. The molecular weight excluding hydrogens is 311 g/mol. The first-order valence-corrected chi connectivity index (χ1v) is 7.99. The second kappa shape index (κ2) is 5.16. The number of rotatable bonds is 3. The van der Waals surface area contributed by atoms with E-state index in [2.05, 4.69) is 10.1 Å². The number of pyridine rings is 1. The largest absolute Gasteiger partial charge is 0.307 e. The molecule has 0 aliphatic carbocycles. The van der Waals surface area contributed by atoms with Gasteiger partial charge in [-0.25, -0.2) is 0 Å². The third-order valence-corrected chi connectivity index (χ3v) is 4.69. The zero-order valence-corrected chi connectivity index (χ0v) is 12.5. The zero-order valence-electron chi connectivity index (χ0n) is 11.7. The summed E-state index contributed by atoms with van der Waals surface area (Å²) in [4.78, 5) is 17.2. The average Bonchev–Trinajstić information content (AvgIpc) is 3.02. The quantitative estimate of drug-likeness (QED) is 0.783. The molecule has 1 aliphatic heterocycles. The average molecular weight is 324 g/mol. The van der Waals surface area contributed by atoms with E-state index in [4.69, 9.17) is 0 Å². The van der Waals surface area contributed by atoms with Crippen LogP contribution in [0.2, 0.25) is 0 Å². The van der Waals surface area contributed by atoms with E-state index in [-0.39, 0.29) is 13.0 Å². The lowest BCUT2D eigenvalue weighted by atomic mass is 10.2. The Morgan fingerprint density at radius 3 is 2.77 bits per heavy atom. The Morgan fingerprint density at radius 2 is 2.18 bits per heavy atom. The van der Waals surface area contributed by atoms with Crippen LogP contribution in [0, 0.1) is 0 Å². The Labute approximate surface area is 126 Å². The minimum atomic E-state index is -4.74. The second-order valence-corrected chi connectivity index (χ2v) is 6.68. The maximum absolute atomic E-state index is 13.1. The van der Waals surface area contributed by atoms with Gasteiger partial charge in [-0.2, -0.15) is 13.5 Å². The summed E-state index contributed by atoms with van der Waals surface area (Å²) in [5, 5.41) is 2.96. The topological polar surface area (TPSA) is 85.2 Å². The van der Waals surface area contributed by atoms with Crippen molar-refractivity contribution >= 4 is 21.9 Å². The van der Waals surface area contributed by atoms with Crippen molar-refractivity contribution < 1.29 is 17.1 Å². The highest BCUT2D eigenvalue weighted by molar-refractivity contribution is 7.87. The molecular formula is C13H13FN4O3S. The Kier molecular flexibility index (Phi) is 3.44. The molecule has 1 atom stereocenters. The number of aryl methyl sites for hydroxylation is 1. The summed E-state index contributed by atoms with van der Waals surface area (Å²) >= 11 is 0. The van der Waals surface area contributed by atoms with E-state index < -0.39 is 21.4 Å². The van der Waals surface area contributed by atoms with Crippen LogP contribution in [-0.2, 0) is 22.1 Å². The number of hydrogen-bond donors (Lipinski definition) is 0. The van der Waals surface area contributed by atoms with Gasteiger partial charge in [-0.1, -0.05) is 0 Å². The van der Waals surface area contributed by atoms with Crippen molar-refractivity contribution in [2.24, 2.45) is 7.05 Å². The normalized spacial score (nSPS) is 18.9. The van der Waals surface area contributed by atoms with Crippen LogP contribution in [0.15, 0.2) is 30.6 Å². The fourth-order valence-corrected chi connectivity index (χ4v) is 3.12. The number of nitrogens with zero attached hydrogens (tertiary/aromatic N) is 4. The maximum Gasteiger partial charge on any atom is 0.307 e. The van der Waals surface area contributed by atoms with Crippen LogP contribution >= 0.6 is 0 Å². The molecule has 2 aromatic rings. The molecule has 0 spiro atoms. The van der Waals surface area contributed by atoms with Gasteiger partial charge in [0.2, 0.25) is 5.91 Å². The number of aromatic nitrogens is 3. The first-order chi connectivity index (χ1) is 10.4. The van der Waals surface area contributed by atoms with Gasteiger partial charge in [0, 0.05) is 44.0 Å². The van der Waals surface area contributed by atoms with Crippen LogP contribution in [0.3, 0.4) is 0 Å². The molecule has 0 radical (unpaired) electrons. The molecule has 22 heavy (non-hydrogen) atoms. The summed E-state index contributed by atoms with van der Waals surface area (Å²) in [7, 11) is -3.10. The summed E-state index contributed by atoms with van der Waals surface area (Å²) < 4.78 is 36.5. The number of carbonyl (C=O) groups excluding carboxylic acids is 1. The maximum atomic E-state index is 13.1. The lowest BCUT2D eigenvalue weighted by molar-refractivity contribution is -0.117. The first kappa shape index (κ1) is 14.6. The van der Waals surface area contributed by atoms with Crippen LogP contribution in [0.1, 0.15) is 6.42 Å². The minimum absolute atomic E-state index is 0.205. The number of halogens is 1. The number of carbonyl (C=O) groups is 1. The Hall–Kier alpha value is -2.29. The molecule has 0 aromatic carbocycles. The van der Waals surface area contributed by atoms with Crippen LogP contribution in [-0.4, -0.2) is 40.9 Å². The van der Waals surface area contributed by atoms with E-state index in [1.54, 1.807) is 31.6 Å².